The predicted molar refractivity (Wildman–Crippen MR) is 82.4 cm³/mol. The van der Waals surface area contributed by atoms with Crippen molar-refractivity contribution in [1.82, 2.24) is 20.5 Å². The highest BCUT2D eigenvalue weighted by molar-refractivity contribution is 7.09. The number of likely N-dealkylation sites (tertiary alicyclic amines) is 1. The van der Waals surface area contributed by atoms with E-state index in [0.717, 1.165) is 36.5 Å². The molecule has 116 valence electrons. The van der Waals surface area contributed by atoms with Crippen molar-refractivity contribution < 1.29 is 9.59 Å². The van der Waals surface area contributed by atoms with Crippen LogP contribution in [0.5, 0.6) is 0 Å². The first-order valence-electron chi connectivity index (χ1n) is 7.25. The monoisotopic (exact) mass is 310 g/mol. The Morgan fingerprint density at radius 1 is 1.52 bits per heavy atom. The second kappa shape index (κ2) is 7.40. The molecule has 1 aromatic heterocycles. The van der Waals surface area contributed by atoms with Crippen molar-refractivity contribution in [3.05, 3.63) is 16.1 Å². The number of amides is 3. The van der Waals surface area contributed by atoms with E-state index in [0.29, 0.717) is 13.1 Å². The lowest BCUT2D eigenvalue weighted by molar-refractivity contribution is -0.119. The number of carbonyl (C=O) groups excluding carboxylic acids is 2. The van der Waals surface area contributed by atoms with Gasteiger partial charge in [0.1, 0.15) is 0 Å². The molecule has 0 radical (unpaired) electrons. The minimum Gasteiger partial charge on any atom is -0.352 e. The van der Waals surface area contributed by atoms with Crippen LogP contribution in [0.2, 0.25) is 0 Å². The topological polar surface area (TPSA) is 74.3 Å². The number of rotatable bonds is 4. The van der Waals surface area contributed by atoms with Crippen molar-refractivity contribution in [3.63, 3.8) is 0 Å². The average Bonchev–Trinajstić information content (AvgIpc) is 2.84. The van der Waals surface area contributed by atoms with Gasteiger partial charge in [-0.3, -0.25) is 4.79 Å². The number of thiazole rings is 1. The van der Waals surface area contributed by atoms with E-state index in [-0.39, 0.29) is 18.0 Å². The van der Waals surface area contributed by atoms with E-state index < -0.39 is 0 Å². The molecular formula is C14H22N4O2S. The number of hydrogen-bond donors (Lipinski definition) is 2. The molecule has 2 rings (SSSR count). The van der Waals surface area contributed by atoms with Gasteiger partial charge in [-0.1, -0.05) is 0 Å². The summed E-state index contributed by atoms with van der Waals surface area (Å²) in [6, 6.07) is 0.0141. The molecule has 0 aliphatic carbocycles. The van der Waals surface area contributed by atoms with Gasteiger partial charge in [-0.15, -0.1) is 11.3 Å². The van der Waals surface area contributed by atoms with E-state index >= 15 is 0 Å². The second-order valence-electron chi connectivity index (χ2n) is 5.33. The third-order valence-corrected chi connectivity index (χ3v) is 4.26. The maximum absolute atomic E-state index is 12.1. The summed E-state index contributed by atoms with van der Waals surface area (Å²) < 4.78 is 0. The Hall–Kier alpha value is -1.63. The fraction of sp³-hybridized carbons (Fsp3) is 0.643. The summed E-state index contributed by atoms with van der Waals surface area (Å²) in [7, 11) is 0. The molecule has 3 amide bonds. The Balaban J connectivity index is 1.73. The Morgan fingerprint density at radius 3 is 3.00 bits per heavy atom. The van der Waals surface area contributed by atoms with Crippen LogP contribution in [-0.2, 0) is 11.2 Å². The molecular weight excluding hydrogens is 288 g/mol. The molecule has 1 aromatic rings. The smallest absolute Gasteiger partial charge is 0.317 e. The maximum Gasteiger partial charge on any atom is 0.317 e. The highest BCUT2D eigenvalue weighted by Gasteiger charge is 2.23. The summed E-state index contributed by atoms with van der Waals surface area (Å²) in [5.41, 5.74) is 1.02. The fourth-order valence-corrected chi connectivity index (χ4v) is 3.15. The summed E-state index contributed by atoms with van der Waals surface area (Å²) in [4.78, 5) is 29.3. The van der Waals surface area contributed by atoms with Crippen LogP contribution in [0.4, 0.5) is 4.79 Å². The van der Waals surface area contributed by atoms with Gasteiger partial charge in [-0.05, 0) is 19.8 Å². The Labute approximate surface area is 128 Å². The molecule has 2 heterocycles. The Bertz CT molecular complexity index is 503. The third-order valence-electron chi connectivity index (χ3n) is 3.44. The van der Waals surface area contributed by atoms with Gasteiger partial charge in [-0.2, -0.15) is 0 Å². The van der Waals surface area contributed by atoms with Crippen molar-refractivity contribution in [2.24, 2.45) is 0 Å². The van der Waals surface area contributed by atoms with E-state index in [2.05, 4.69) is 15.6 Å². The molecule has 1 fully saturated rings. The fourth-order valence-electron chi connectivity index (χ4n) is 2.50. The Morgan fingerprint density at radius 2 is 2.33 bits per heavy atom. The van der Waals surface area contributed by atoms with Gasteiger partial charge >= 0.3 is 6.03 Å². The molecule has 1 aliphatic rings. The van der Waals surface area contributed by atoms with Gasteiger partial charge in [-0.25, -0.2) is 9.78 Å². The average molecular weight is 310 g/mol. The van der Waals surface area contributed by atoms with Crippen molar-refractivity contribution in [2.45, 2.75) is 39.2 Å². The van der Waals surface area contributed by atoms with Gasteiger partial charge in [0.2, 0.25) is 5.91 Å². The van der Waals surface area contributed by atoms with Crippen molar-refractivity contribution >= 4 is 23.3 Å². The number of aromatic nitrogens is 1. The zero-order valence-corrected chi connectivity index (χ0v) is 13.3. The quantitative estimate of drug-likeness (QED) is 0.880. The molecule has 6 nitrogen and oxygen atoms in total. The number of nitrogens with zero attached hydrogens (tertiary/aromatic N) is 2. The molecule has 1 saturated heterocycles. The Kier molecular flexibility index (Phi) is 5.55. The molecule has 0 aromatic carbocycles. The van der Waals surface area contributed by atoms with Gasteiger partial charge in [0.05, 0.1) is 10.7 Å². The first-order valence-corrected chi connectivity index (χ1v) is 8.13. The highest BCUT2D eigenvalue weighted by atomic mass is 32.1. The minimum atomic E-state index is -0.0583. The molecule has 21 heavy (non-hydrogen) atoms. The van der Waals surface area contributed by atoms with Gasteiger partial charge in [0, 0.05) is 44.4 Å². The number of carbonyl (C=O) groups is 2. The minimum absolute atomic E-state index is 0.0406. The SMILES string of the molecule is CC(=O)N[C@@H]1CCCN(C(=O)NCCc2csc(C)n2)C1. The van der Waals surface area contributed by atoms with Crippen LogP contribution in [-0.4, -0.2) is 47.5 Å². The first kappa shape index (κ1) is 15.8. The second-order valence-corrected chi connectivity index (χ2v) is 6.39. The number of hydrogen-bond acceptors (Lipinski definition) is 4. The van der Waals surface area contributed by atoms with Gasteiger partial charge in [0.25, 0.3) is 0 Å². The molecule has 2 N–H and O–H groups in total. The molecule has 0 spiro atoms. The van der Waals surface area contributed by atoms with E-state index in [1.54, 1.807) is 16.2 Å². The zero-order valence-electron chi connectivity index (χ0n) is 12.5. The third kappa shape index (κ3) is 5.00. The summed E-state index contributed by atoms with van der Waals surface area (Å²) in [6.45, 7) is 5.40. The van der Waals surface area contributed by atoms with Crippen LogP contribution in [0.3, 0.4) is 0 Å². The van der Waals surface area contributed by atoms with Crippen LogP contribution in [0.1, 0.15) is 30.5 Å². The van der Waals surface area contributed by atoms with E-state index in [1.165, 1.54) is 6.92 Å². The standard InChI is InChI=1S/C14H22N4O2S/c1-10(19)16-12-4-3-7-18(8-12)14(20)15-6-5-13-9-21-11(2)17-13/h9,12H,3-8H2,1-2H3,(H,15,20)(H,16,19)/t12-/m1/s1. The van der Waals surface area contributed by atoms with E-state index in [9.17, 15) is 9.59 Å². The van der Waals surface area contributed by atoms with Crippen molar-refractivity contribution in [3.8, 4) is 0 Å². The summed E-state index contributed by atoms with van der Waals surface area (Å²) in [5.74, 6) is -0.0406. The molecule has 0 unspecified atom stereocenters. The molecule has 0 bridgehead atoms. The van der Waals surface area contributed by atoms with Crippen LogP contribution in [0.15, 0.2) is 5.38 Å². The summed E-state index contributed by atoms with van der Waals surface area (Å²) >= 11 is 1.62. The summed E-state index contributed by atoms with van der Waals surface area (Å²) in [6.07, 6.45) is 2.60. The molecule has 7 heteroatoms. The lowest BCUT2D eigenvalue weighted by Crippen LogP contribution is -2.52. The number of aryl methyl sites for hydroxylation is 1. The van der Waals surface area contributed by atoms with Crippen LogP contribution >= 0.6 is 11.3 Å². The van der Waals surface area contributed by atoms with Gasteiger partial charge in [0.15, 0.2) is 0 Å². The molecule has 1 atom stereocenters. The van der Waals surface area contributed by atoms with E-state index in [1.807, 2.05) is 12.3 Å². The van der Waals surface area contributed by atoms with Crippen molar-refractivity contribution in [1.29, 1.82) is 0 Å². The van der Waals surface area contributed by atoms with Crippen LogP contribution in [0.25, 0.3) is 0 Å². The van der Waals surface area contributed by atoms with Crippen LogP contribution in [0, 0.1) is 6.92 Å². The number of urea groups is 1. The van der Waals surface area contributed by atoms with Gasteiger partial charge < -0.3 is 15.5 Å². The number of piperidine rings is 1. The molecule has 1 aliphatic heterocycles. The normalized spacial score (nSPS) is 18.4. The molecule has 0 saturated carbocycles. The highest BCUT2D eigenvalue weighted by Crippen LogP contribution is 2.11. The lowest BCUT2D eigenvalue weighted by Gasteiger charge is -2.33. The van der Waals surface area contributed by atoms with Crippen LogP contribution < -0.4 is 10.6 Å². The maximum atomic E-state index is 12.1. The summed E-state index contributed by atoms with van der Waals surface area (Å²) in [5, 5.41) is 8.87. The zero-order chi connectivity index (χ0) is 15.2. The van der Waals surface area contributed by atoms with E-state index in [4.69, 9.17) is 0 Å². The largest absolute Gasteiger partial charge is 0.352 e. The lowest BCUT2D eigenvalue weighted by atomic mass is 10.1. The number of nitrogens with one attached hydrogen (secondary N) is 2. The van der Waals surface area contributed by atoms with Crippen molar-refractivity contribution in [2.75, 3.05) is 19.6 Å². The predicted octanol–water partition coefficient (Wildman–Crippen LogP) is 1.30. The first-order chi connectivity index (χ1) is 10.0.